The molecule has 1 N–H and O–H groups in total. The Balaban J connectivity index is 1.60. The third-order valence-electron chi connectivity index (χ3n) is 3.14. The first kappa shape index (κ1) is 17.0. The summed E-state index contributed by atoms with van der Waals surface area (Å²) in [5.41, 5.74) is 1.78. The van der Waals surface area contributed by atoms with Crippen molar-refractivity contribution in [3.05, 3.63) is 59.1 Å². The molecule has 0 fully saturated rings. The summed E-state index contributed by atoms with van der Waals surface area (Å²) in [6, 6.07) is 6.65. The average molecular weight is 381 g/mol. The number of sulfonamides is 1. The zero-order chi connectivity index (χ0) is 17.0. The van der Waals surface area contributed by atoms with Crippen LogP contribution in [0.3, 0.4) is 0 Å². The highest BCUT2D eigenvalue weighted by molar-refractivity contribution is 7.89. The maximum Gasteiger partial charge on any atom is 0.242 e. The van der Waals surface area contributed by atoms with Gasteiger partial charge in [0.1, 0.15) is 15.1 Å². The van der Waals surface area contributed by atoms with E-state index in [-0.39, 0.29) is 16.6 Å². The molecule has 0 aliphatic heterocycles. The lowest BCUT2D eigenvalue weighted by molar-refractivity contribution is 0.581. The van der Waals surface area contributed by atoms with E-state index in [1.807, 2.05) is 17.5 Å². The summed E-state index contributed by atoms with van der Waals surface area (Å²) in [4.78, 5) is 12.4. The number of nitrogens with one attached hydrogen (secondary N) is 1. The molecule has 0 aliphatic rings. The monoisotopic (exact) mass is 380 g/mol. The maximum absolute atomic E-state index is 12.1. The number of pyridine rings is 2. The molecule has 3 heterocycles. The fourth-order valence-electron chi connectivity index (χ4n) is 1.96. The largest absolute Gasteiger partial charge is 0.264 e. The second kappa shape index (κ2) is 7.35. The van der Waals surface area contributed by atoms with Crippen molar-refractivity contribution in [2.75, 3.05) is 6.54 Å². The van der Waals surface area contributed by atoms with Crippen molar-refractivity contribution in [2.45, 2.75) is 11.3 Å². The van der Waals surface area contributed by atoms with Crippen LogP contribution >= 0.6 is 22.9 Å². The molecule has 3 rings (SSSR count). The van der Waals surface area contributed by atoms with Crippen LogP contribution in [0.5, 0.6) is 0 Å². The van der Waals surface area contributed by atoms with Gasteiger partial charge in [0.2, 0.25) is 10.0 Å². The molecular weight excluding hydrogens is 368 g/mol. The van der Waals surface area contributed by atoms with Crippen LogP contribution in [0.2, 0.25) is 5.15 Å². The van der Waals surface area contributed by atoms with Crippen LogP contribution in [0.1, 0.15) is 5.69 Å². The van der Waals surface area contributed by atoms with E-state index in [0.29, 0.717) is 6.42 Å². The normalized spacial score (nSPS) is 11.5. The first-order valence-corrected chi connectivity index (χ1v) is 9.75. The Morgan fingerprint density at radius 2 is 2.08 bits per heavy atom. The van der Waals surface area contributed by atoms with E-state index in [0.717, 1.165) is 16.3 Å². The first-order valence-electron chi connectivity index (χ1n) is 7.00. The van der Waals surface area contributed by atoms with E-state index in [2.05, 4.69) is 19.7 Å². The smallest absolute Gasteiger partial charge is 0.242 e. The molecule has 0 aliphatic carbocycles. The fraction of sp³-hybridized carbons (Fsp3) is 0.133. The Labute approximate surface area is 148 Å². The van der Waals surface area contributed by atoms with Crippen LogP contribution in [0.15, 0.2) is 53.1 Å². The number of hydrogen-bond acceptors (Lipinski definition) is 6. The third kappa shape index (κ3) is 4.15. The van der Waals surface area contributed by atoms with Crippen LogP contribution in [0.4, 0.5) is 0 Å². The van der Waals surface area contributed by atoms with Crippen molar-refractivity contribution in [3.8, 4) is 10.6 Å². The summed E-state index contributed by atoms with van der Waals surface area (Å²) < 4.78 is 26.8. The van der Waals surface area contributed by atoms with Gasteiger partial charge in [-0.25, -0.2) is 23.1 Å². The minimum atomic E-state index is -3.60. The fourth-order valence-corrected chi connectivity index (χ4v) is 3.89. The number of thiazole rings is 1. The van der Waals surface area contributed by atoms with Crippen molar-refractivity contribution >= 4 is 33.0 Å². The lowest BCUT2D eigenvalue weighted by atomic mass is 10.3. The Hall–Kier alpha value is -1.87. The molecule has 0 aromatic carbocycles. The summed E-state index contributed by atoms with van der Waals surface area (Å²) in [7, 11) is -3.60. The molecular formula is C15H13ClN4O2S2. The van der Waals surface area contributed by atoms with E-state index in [1.54, 1.807) is 12.4 Å². The van der Waals surface area contributed by atoms with Gasteiger partial charge in [-0.05, 0) is 24.3 Å². The number of aromatic nitrogens is 3. The topological polar surface area (TPSA) is 84.8 Å². The molecule has 0 atom stereocenters. The first-order chi connectivity index (χ1) is 11.5. The minimum absolute atomic E-state index is 0.0845. The van der Waals surface area contributed by atoms with Gasteiger partial charge in [-0.15, -0.1) is 11.3 Å². The van der Waals surface area contributed by atoms with Crippen molar-refractivity contribution in [1.82, 2.24) is 19.7 Å². The summed E-state index contributed by atoms with van der Waals surface area (Å²) in [6.07, 6.45) is 5.18. The molecule has 0 radical (unpaired) electrons. The second-order valence-corrected chi connectivity index (χ2v) is 7.86. The highest BCUT2D eigenvalue weighted by Gasteiger charge is 2.14. The van der Waals surface area contributed by atoms with Gasteiger partial charge < -0.3 is 0 Å². The number of halogens is 1. The molecule has 0 spiro atoms. The number of rotatable bonds is 6. The number of nitrogens with zero attached hydrogens (tertiary/aromatic N) is 3. The van der Waals surface area contributed by atoms with Gasteiger partial charge in [0.15, 0.2) is 0 Å². The molecule has 0 saturated heterocycles. The van der Waals surface area contributed by atoms with Gasteiger partial charge >= 0.3 is 0 Å². The average Bonchev–Trinajstić information content (AvgIpc) is 3.05. The Kier molecular flexibility index (Phi) is 5.20. The number of hydrogen-bond donors (Lipinski definition) is 1. The van der Waals surface area contributed by atoms with Crippen LogP contribution in [0.25, 0.3) is 10.6 Å². The summed E-state index contributed by atoms with van der Waals surface area (Å²) in [5.74, 6) is 0. The predicted octanol–water partition coefficient (Wildman–Crippen LogP) is 2.77. The van der Waals surface area contributed by atoms with E-state index >= 15 is 0 Å². The highest BCUT2D eigenvalue weighted by atomic mass is 35.5. The second-order valence-electron chi connectivity index (χ2n) is 4.85. The van der Waals surface area contributed by atoms with E-state index < -0.39 is 10.0 Å². The van der Waals surface area contributed by atoms with Gasteiger partial charge in [-0.1, -0.05) is 11.6 Å². The lowest BCUT2D eigenvalue weighted by Crippen LogP contribution is -2.26. The Morgan fingerprint density at radius 3 is 2.79 bits per heavy atom. The van der Waals surface area contributed by atoms with Gasteiger partial charge in [-0.2, -0.15) is 0 Å². The van der Waals surface area contributed by atoms with Gasteiger partial charge in [-0.3, -0.25) is 4.98 Å². The van der Waals surface area contributed by atoms with Crippen molar-refractivity contribution in [2.24, 2.45) is 0 Å². The molecule has 0 bridgehead atoms. The quantitative estimate of drug-likeness (QED) is 0.664. The van der Waals surface area contributed by atoms with E-state index in [1.165, 1.54) is 29.7 Å². The molecule has 3 aromatic heterocycles. The molecule has 0 amide bonds. The molecule has 3 aromatic rings. The highest BCUT2D eigenvalue weighted by Crippen LogP contribution is 2.22. The zero-order valence-corrected chi connectivity index (χ0v) is 14.8. The molecule has 0 unspecified atom stereocenters. The van der Waals surface area contributed by atoms with Crippen LogP contribution in [-0.2, 0) is 16.4 Å². The van der Waals surface area contributed by atoms with Crippen molar-refractivity contribution in [3.63, 3.8) is 0 Å². The summed E-state index contributed by atoms with van der Waals surface area (Å²) in [5, 5.41) is 3.03. The molecule has 24 heavy (non-hydrogen) atoms. The van der Waals surface area contributed by atoms with Crippen LogP contribution < -0.4 is 4.72 Å². The summed E-state index contributed by atoms with van der Waals surface area (Å²) >= 11 is 7.17. The van der Waals surface area contributed by atoms with Gasteiger partial charge in [0.05, 0.1) is 5.69 Å². The van der Waals surface area contributed by atoms with Gasteiger partial charge in [0.25, 0.3) is 0 Å². The molecule has 6 nitrogen and oxygen atoms in total. The van der Waals surface area contributed by atoms with E-state index in [4.69, 9.17) is 11.6 Å². The standard InChI is InChI=1S/C15H13ClN4O2S2/c16-14-4-3-13(9-18-14)24(21,22)19-7-5-12-10-23-15(20-12)11-2-1-6-17-8-11/h1-4,6,8-10,19H,5,7H2. The Morgan fingerprint density at radius 1 is 1.21 bits per heavy atom. The summed E-state index contributed by atoms with van der Waals surface area (Å²) in [6.45, 7) is 0.251. The minimum Gasteiger partial charge on any atom is -0.264 e. The zero-order valence-electron chi connectivity index (χ0n) is 12.4. The van der Waals surface area contributed by atoms with Crippen molar-refractivity contribution in [1.29, 1.82) is 0 Å². The lowest BCUT2D eigenvalue weighted by Gasteiger charge is -2.05. The molecule has 124 valence electrons. The molecule has 0 saturated carbocycles. The van der Waals surface area contributed by atoms with E-state index in [9.17, 15) is 8.42 Å². The molecule has 9 heteroatoms. The van der Waals surface area contributed by atoms with Crippen LogP contribution in [0, 0.1) is 0 Å². The van der Waals surface area contributed by atoms with Gasteiger partial charge in [0, 0.05) is 42.5 Å². The maximum atomic E-state index is 12.1. The van der Waals surface area contributed by atoms with Crippen molar-refractivity contribution < 1.29 is 8.42 Å². The van der Waals surface area contributed by atoms with Crippen LogP contribution in [-0.4, -0.2) is 29.9 Å². The SMILES string of the molecule is O=S(=O)(NCCc1csc(-c2cccnc2)n1)c1ccc(Cl)nc1. The third-order valence-corrected chi connectivity index (χ3v) is 5.75. The predicted molar refractivity (Wildman–Crippen MR) is 93.5 cm³/mol. The Bertz CT molecular complexity index is 912.